The fourth-order valence-electron chi connectivity index (χ4n) is 3.49. The summed E-state index contributed by atoms with van der Waals surface area (Å²) in [6.45, 7) is 0.863. The number of rotatable bonds is 8. The summed E-state index contributed by atoms with van der Waals surface area (Å²) in [5, 5.41) is 9.51. The van der Waals surface area contributed by atoms with Crippen LogP contribution in [0.15, 0.2) is 82.7 Å². The summed E-state index contributed by atoms with van der Waals surface area (Å²) in [6, 6.07) is 25.5. The maximum atomic E-state index is 13.4. The van der Waals surface area contributed by atoms with E-state index < -0.39 is 0 Å². The van der Waals surface area contributed by atoms with Gasteiger partial charge in [-0.1, -0.05) is 60.7 Å². The van der Waals surface area contributed by atoms with Crippen LogP contribution >= 0.6 is 34.4 Å². The molecule has 4 rings (SSSR count). The van der Waals surface area contributed by atoms with E-state index in [1.165, 1.54) is 11.8 Å². The van der Waals surface area contributed by atoms with Crippen molar-refractivity contribution in [3.05, 3.63) is 98.0 Å². The molecule has 35 heavy (non-hydrogen) atoms. The van der Waals surface area contributed by atoms with Gasteiger partial charge in [-0.05, 0) is 69.3 Å². The summed E-state index contributed by atoms with van der Waals surface area (Å²) < 4.78 is 11.8. The smallest absolute Gasteiger partial charge is 0.267 e. The summed E-state index contributed by atoms with van der Waals surface area (Å²) in [7, 11) is 1.55. The Balaban J connectivity index is 1.65. The van der Waals surface area contributed by atoms with E-state index in [2.05, 4.69) is 22.6 Å². The number of ether oxygens (including phenoxy) is 2. The van der Waals surface area contributed by atoms with E-state index >= 15 is 0 Å². The molecule has 1 aliphatic heterocycles. The average Bonchev–Trinajstić information content (AvgIpc) is 3.17. The second-order valence-electron chi connectivity index (χ2n) is 7.55. The predicted molar refractivity (Wildman–Crippen MR) is 147 cm³/mol. The minimum absolute atomic E-state index is 0.0726. The number of aliphatic imine (C=N–C) groups is 1. The lowest BCUT2D eigenvalue weighted by Crippen LogP contribution is -2.28. The molecule has 1 fully saturated rings. The second-order valence-corrected chi connectivity index (χ2v) is 9.72. The van der Waals surface area contributed by atoms with Gasteiger partial charge in [0.1, 0.15) is 6.07 Å². The molecule has 3 aromatic carbocycles. The third-order valence-electron chi connectivity index (χ3n) is 5.14. The van der Waals surface area contributed by atoms with Gasteiger partial charge in [0.25, 0.3) is 5.91 Å². The SMILES string of the molecule is COc1cc(C=C2SC(=NCc3ccccc3)N(Cc3ccccc3)C2=O)cc(I)c1OCC#N. The Hall–Kier alpha value is -3.29. The average molecular weight is 595 g/mol. The third kappa shape index (κ3) is 6.24. The molecule has 0 saturated carbocycles. The number of nitriles is 1. The van der Waals surface area contributed by atoms with Crippen molar-refractivity contribution in [1.29, 1.82) is 5.26 Å². The number of thioether (sulfide) groups is 1. The van der Waals surface area contributed by atoms with Gasteiger partial charge in [-0.15, -0.1) is 0 Å². The normalized spacial score (nSPS) is 15.5. The summed E-state index contributed by atoms with van der Waals surface area (Å²) >= 11 is 3.51. The Morgan fingerprint density at radius 2 is 1.77 bits per heavy atom. The fourth-order valence-corrected chi connectivity index (χ4v) is 5.25. The lowest BCUT2D eigenvalue weighted by atomic mass is 10.1. The van der Waals surface area contributed by atoms with Crippen molar-refractivity contribution in [3.63, 3.8) is 0 Å². The molecule has 3 aromatic rings. The molecule has 0 radical (unpaired) electrons. The number of benzene rings is 3. The van der Waals surface area contributed by atoms with Crippen LogP contribution in [-0.2, 0) is 17.9 Å². The van der Waals surface area contributed by atoms with Gasteiger partial charge < -0.3 is 9.47 Å². The molecular formula is C27H22IN3O3S. The van der Waals surface area contributed by atoms with E-state index in [0.717, 1.165) is 20.3 Å². The molecule has 1 aliphatic rings. The van der Waals surface area contributed by atoms with Crippen molar-refractivity contribution < 1.29 is 14.3 Å². The van der Waals surface area contributed by atoms with Gasteiger partial charge in [0.05, 0.1) is 28.7 Å². The van der Waals surface area contributed by atoms with Crippen LogP contribution in [0.4, 0.5) is 0 Å². The fraction of sp³-hybridized carbons (Fsp3) is 0.148. The number of amidine groups is 1. The largest absolute Gasteiger partial charge is 0.493 e. The number of methoxy groups -OCH3 is 1. The highest BCUT2D eigenvalue weighted by molar-refractivity contribution is 14.1. The van der Waals surface area contributed by atoms with Crippen molar-refractivity contribution in [2.75, 3.05) is 13.7 Å². The van der Waals surface area contributed by atoms with Crippen LogP contribution in [0.3, 0.4) is 0 Å². The van der Waals surface area contributed by atoms with Crippen LogP contribution in [-0.4, -0.2) is 29.7 Å². The van der Waals surface area contributed by atoms with Crippen molar-refractivity contribution in [2.24, 2.45) is 4.99 Å². The van der Waals surface area contributed by atoms with E-state index in [-0.39, 0.29) is 12.5 Å². The van der Waals surface area contributed by atoms with E-state index in [1.807, 2.05) is 78.9 Å². The molecule has 176 valence electrons. The molecule has 1 heterocycles. The minimum Gasteiger partial charge on any atom is -0.493 e. The van der Waals surface area contributed by atoms with Crippen LogP contribution in [0.1, 0.15) is 16.7 Å². The van der Waals surface area contributed by atoms with Gasteiger partial charge in [0.2, 0.25) is 0 Å². The van der Waals surface area contributed by atoms with Crippen molar-refractivity contribution >= 4 is 51.5 Å². The highest BCUT2D eigenvalue weighted by atomic mass is 127. The summed E-state index contributed by atoms with van der Waals surface area (Å²) in [6.07, 6.45) is 1.84. The van der Waals surface area contributed by atoms with Crippen LogP contribution in [0.25, 0.3) is 6.08 Å². The monoisotopic (exact) mass is 595 g/mol. The van der Waals surface area contributed by atoms with Crippen LogP contribution < -0.4 is 9.47 Å². The molecular weight excluding hydrogens is 573 g/mol. The minimum atomic E-state index is -0.0931. The topological polar surface area (TPSA) is 74.9 Å². The maximum absolute atomic E-state index is 13.4. The third-order valence-corrected chi connectivity index (χ3v) is 6.99. The van der Waals surface area contributed by atoms with Gasteiger partial charge in [-0.25, -0.2) is 0 Å². The first-order valence-electron chi connectivity index (χ1n) is 10.8. The lowest BCUT2D eigenvalue weighted by molar-refractivity contribution is -0.122. The molecule has 0 bridgehead atoms. The Morgan fingerprint density at radius 3 is 2.43 bits per heavy atom. The number of carbonyl (C=O) groups is 1. The Bertz CT molecular complexity index is 1300. The summed E-state index contributed by atoms with van der Waals surface area (Å²) in [5.41, 5.74) is 2.91. The molecule has 0 atom stereocenters. The van der Waals surface area contributed by atoms with Crippen molar-refractivity contribution in [3.8, 4) is 17.6 Å². The van der Waals surface area contributed by atoms with E-state index in [9.17, 15) is 4.79 Å². The summed E-state index contributed by atoms with van der Waals surface area (Å²) in [4.78, 5) is 20.5. The molecule has 1 amide bonds. The van der Waals surface area contributed by atoms with Gasteiger partial charge in [0.15, 0.2) is 23.3 Å². The molecule has 0 spiro atoms. The number of nitrogens with zero attached hydrogens (tertiary/aromatic N) is 3. The predicted octanol–water partition coefficient (Wildman–Crippen LogP) is 5.87. The maximum Gasteiger partial charge on any atom is 0.267 e. The van der Waals surface area contributed by atoms with Gasteiger partial charge in [-0.2, -0.15) is 5.26 Å². The molecule has 0 aromatic heterocycles. The zero-order chi connectivity index (χ0) is 24.6. The summed E-state index contributed by atoms with van der Waals surface area (Å²) in [5.74, 6) is 0.927. The van der Waals surface area contributed by atoms with Crippen LogP contribution in [0.5, 0.6) is 11.5 Å². The molecule has 0 N–H and O–H groups in total. The second kappa shape index (κ2) is 11.9. The Morgan fingerprint density at radius 1 is 1.09 bits per heavy atom. The molecule has 0 unspecified atom stereocenters. The molecule has 1 saturated heterocycles. The lowest BCUT2D eigenvalue weighted by Gasteiger charge is -2.15. The number of halogens is 1. The number of hydrogen-bond acceptors (Lipinski definition) is 6. The quantitative estimate of drug-likeness (QED) is 0.241. The Kier molecular flexibility index (Phi) is 8.45. The Labute approximate surface area is 222 Å². The standard InChI is InChI=1S/C27H22IN3O3S/c1-33-23-15-21(14-22(28)25(23)34-13-12-29)16-24-26(32)31(18-20-10-6-3-7-11-20)27(35-24)30-17-19-8-4-2-5-9-19/h2-11,14-16H,13,17-18H2,1H3. The molecule has 0 aliphatic carbocycles. The number of amides is 1. The zero-order valence-electron chi connectivity index (χ0n) is 19.0. The van der Waals surface area contributed by atoms with Crippen molar-refractivity contribution in [2.45, 2.75) is 13.1 Å². The van der Waals surface area contributed by atoms with Crippen molar-refractivity contribution in [1.82, 2.24) is 4.90 Å². The van der Waals surface area contributed by atoms with Crippen LogP contribution in [0, 0.1) is 14.9 Å². The highest BCUT2D eigenvalue weighted by Crippen LogP contribution is 2.38. The van der Waals surface area contributed by atoms with Crippen LogP contribution in [0.2, 0.25) is 0 Å². The first-order valence-corrected chi connectivity index (χ1v) is 12.7. The first-order chi connectivity index (χ1) is 17.1. The molecule has 6 nitrogen and oxygen atoms in total. The van der Waals surface area contributed by atoms with E-state index in [1.54, 1.807) is 18.1 Å². The molecule has 8 heteroatoms. The van der Waals surface area contributed by atoms with E-state index in [4.69, 9.17) is 19.7 Å². The van der Waals surface area contributed by atoms with Gasteiger partial charge in [-0.3, -0.25) is 14.7 Å². The van der Waals surface area contributed by atoms with Gasteiger partial charge in [0, 0.05) is 0 Å². The first kappa shape index (κ1) is 24.8. The van der Waals surface area contributed by atoms with E-state index in [0.29, 0.717) is 34.7 Å². The highest BCUT2D eigenvalue weighted by Gasteiger charge is 2.33. The number of carbonyl (C=O) groups excluding carboxylic acids is 1. The van der Waals surface area contributed by atoms with Gasteiger partial charge >= 0.3 is 0 Å². The zero-order valence-corrected chi connectivity index (χ0v) is 22.0. The number of hydrogen-bond donors (Lipinski definition) is 0.